The fourth-order valence-corrected chi connectivity index (χ4v) is 12.1. The van der Waals surface area contributed by atoms with E-state index in [-0.39, 0.29) is 15.6 Å². The Hall–Kier alpha value is -2.07. The Morgan fingerprint density at radius 2 is 0.548 bits per heavy atom. The van der Waals surface area contributed by atoms with Gasteiger partial charge in [0.25, 0.3) is 0 Å². The molecule has 0 amide bonds. The zero-order valence-corrected chi connectivity index (χ0v) is 41.8. The third-order valence-corrected chi connectivity index (χ3v) is 16.9. The molecule has 3 rings (SSSR count). The molecular formula is C53H90N2O5S2. The number of nitrogens with zero attached hydrogens (tertiary/aromatic N) is 2. The maximum Gasteiger partial charge on any atom is 0.243 e. The first-order valence-electron chi connectivity index (χ1n) is 26.0. The quantitative estimate of drug-likeness (QED) is 0.0530. The Morgan fingerprint density at radius 1 is 0.323 bits per heavy atom. The van der Waals surface area contributed by atoms with Crippen LogP contribution in [0.2, 0.25) is 0 Å². The number of carbonyl (C=O) groups is 1. The van der Waals surface area contributed by atoms with Gasteiger partial charge < -0.3 is 0 Å². The van der Waals surface area contributed by atoms with E-state index < -0.39 is 20.0 Å². The van der Waals surface area contributed by atoms with E-state index in [0.29, 0.717) is 48.4 Å². The van der Waals surface area contributed by atoms with Gasteiger partial charge in [0.05, 0.1) is 9.79 Å². The Kier molecular flexibility index (Phi) is 27.8. The van der Waals surface area contributed by atoms with Gasteiger partial charge >= 0.3 is 0 Å². The summed E-state index contributed by atoms with van der Waals surface area (Å²) in [7, 11) is -7.69. The molecule has 0 bridgehead atoms. The Labute approximate surface area is 382 Å². The van der Waals surface area contributed by atoms with Gasteiger partial charge in [0.15, 0.2) is 5.78 Å². The van der Waals surface area contributed by atoms with Crippen LogP contribution in [0.15, 0.2) is 46.2 Å². The third kappa shape index (κ3) is 18.8. The van der Waals surface area contributed by atoms with Gasteiger partial charge in [-0.25, -0.2) is 16.8 Å². The molecular weight excluding hydrogens is 809 g/mol. The molecule has 2 aromatic rings. The van der Waals surface area contributed by atoms with Gasteiger partial charge in [-0.3, -0.25) is 4.79 Å². The summed E-state index contributed by atoms with van der Waals surface area (Å²) in [5.74, 6) is -0.306. The molecule has 0 fully saturated rings. The van der Waals surface area contributed by atoms with Crippen molar-refractivity contribution in [3.05, 3.63) is 47.5 Å². The fourth-order valence-electron chi connectivity index (χ4n) is 9.05. The summed E-state index contributed by atoms with van der Waals surface area (Å²) >= 11 is 0. The summed E-state index contributed by atoms with van der Waals surface area (Å²) in [5.41, 5.74) is 2.01. The molecule has 0 aliphatic heterocycles. The average Bonchev–Trinajstić information content (AvgIpc) is 3.55. The standard InChI is InChI=1S/C53H90N2O5S2/c1-5-9-13-17-21-25-29-33-41-54(42-34-30-26-22-18-14-10-6-2)61(57,58)47-37-39-49-50-40-38-48(46-52(50)53(56)51(49)45-47)62(59,60)55(43-35-31-27-23-19-15-11-7-3)44-36-32-28-24-20-16-12-8-4/h37-40,45-46H,5-36,41-44H2,1-4H3. The average molecular weight is 899 g/mol. The van der Waals surface area contributed by atoms with Crippen LogP contribution in [-0.4, -0.2) is 57.4 Å². The molecule has 9 heteroatoms. The van der Waals surface area contributed by atoms with Crippen LogP contribution < -0.4 is 0 Å². The van der Waals surface area contributed by atoms with Crippen molar-refractivity contribution >= 4 is 25.8 Å². The fraction of sp³-hybridized carbons (Fsp3) is 0.755. The molecule has 62 heavy (non-hydrogen) atoms. The molecule has 1 aliphatic rings. The van der Waals surface area contributed by atoms with Crippen LogP contribution in [-0.2, 0) is 20.0 Å². The first-order valence-corrected chi connectivity index (χ1v) is 28.8. The molecule has 0 heterocycles. The number of carbonyl (C=O) groups excluding carboxylic acids is 1. The lowest BCUT2D eigenvalue weighted by Gasteiger charge is -2.23. The van der Waals surface area contributed by atoms with Crippen molar-refractivity contribution in [2.75, 3.05) is 26.2 Å². The van der Waals surface area contributed by atoms with Gasteiger partial charge in [-0.2, -0.15) is 8.61 Å². The topological polar surface area (TPSA) is 91.8 Å². The van der Waals surface area contributed by atoms with Crippen molar-refractivity contribution in [3.8, 4) is 11.1 Å². The van der Waals surface area contributed by atoms with Crippen molar-refractivity contribution in [1.29, 1.82) is 0 Å². The highest BCUT2D eigenvalue weighted by molar-refractivity contribution is 7.89. The number of hydrogen-bond donors (Lipinski definition) is 0. The minimum Gasteiger partial charge on any atom is -0.289 e. The van der Waals surface area contributed by atoms with Gasteiger partial charge in [0, 0.05) is 37.3 Å². The number of hydrogen-bond acceptors (Lipinski definition) is 5. The number of unbranched alkanes of at least 4 members (excludes halogenated alkanes) is 28. The van der Waals surface area contributed by atoms with Crippen molar-refractivity contribution in [1.82, 2.24) is 8.61 Å². The van der Waals surface area contributed by atoms with Crippen LogP contribution in [0.4, 0.5) is 0 Å². The number of benzene rings is 2. The smallest absolute Gasteiger partial charge is 0.243 e. The molecule has 0 spiro atoms. The van der Waals surface area contributed by atoms with E-state index in [2.05, 4.69) is 27.7 Å². The Balaban J connectivity index is 1.74. The van der Waals surface area contributed by atoms with Gasteiger partial charge in [-0.1, -0.05) is 220 Å². The highest BCUT2D eigenvalue weighted by atomic mass is 32.2. The SMILES string of the molecule is CCCCCCCCCCN(CCCCCCCCCC)S(=O)(=O)c1ccc2c(c1)C(=O)c1cc(S(=O)(=O)N(CCCCCCCCCC)CCCCCCCCCC)ccc1-2. The van der Waals surface area contributed by atoms with E-state index in [1.807, 2.05) is 0 Å². The minimum atomic E-state index is -3.85. The van der Waals surface area contributed by atoms with E-state index in [0.717, 1.165) is 77.0 Å². The van der Waals surface area contributed by atoms with Crippen LogP contribution in [0.1, 0.15) is 249 Å². The second-order valence-corrected chi connectivity index (χ2v) is 22.3. The normalized spacial score (nSPS) is 12.8. The highest BCUT2D eigenvalue weighted by Crippen LogP contribution is 2.39. The molecule has 0 saturated heterocycles. The summed E-state index contributed by atoms with van der Waals surface area (Å²) < 4.78 is 60.7. The molecule has 2 aromatic carbocycles. The molecule has 0 saturated carbocycles. The predicted octanol–water partition coefficient (Wildman–Crippen LogP) is 15.4. The van der Waals surface area contributed by atoms with Gasteiger partial charge in [0.2, 0.25) is 20.0 Å². The first-order chi connectivity index (χ1) is 30.1. The lowest BCUT2D eigenvalue weighted by Crippen LogP contribution is -2.33. The van der Waals surface area contributed by atoms with E-state index in [1.54, 1.807) is 45.0 Å². The molecule has 0 radical (unpaired) electrons. The van der Waals surface area contributed by atoms with Crippen LogP contribution in [0.25, 0.3) is 11.1 Å². The molecule has 1 aliphatic carbocycles. The third-order valence-electron chi connectivity index (χ3n) is 13.1. The summed E-state index contributed by atoms with van der Waals surface area (Å²) in [5, 5.41) is 0. The molecule has 7 nitrogen and oxygen atoms in total. The number of ketones is 1. The zero-order chi connectivity index (χ0) is 44.9. The molecule has 0 unspecified atom stereocenters. The number of rotatable bonds is 40. The van der Waals surface area contributed by atoms with Gasteiger partial charge in [-0.05, 0) is 61.1 Å². The second-order valence-electron chi connectivity index (χ2n) is 18.5. The van der Waals surface area contributed by atoms with Gasteiger partial charge in [0.1, 0.15) is 0 Å². The van der Waals surface area contributed by atoms with Crippen molar-refractivity contribution in [3.63, 3.8) is 0 Å². The van der Waals surface area contributed by atoms with Gasteiger partial charge in [-0.15, -0.1) is 0 Å². The van der Waals surface area contributed by atoms with Crippen LogP contribution in [0.3, 0.4) is 0 Å². The molecule has 0 N–H and O–H groups in total. The van der Waals surface area contributed by atoms with Crippen molar-refractivity contribution in [2.45, 2.75) is 243 Å². The van der Waals surface area contributed by atoms with E-state index in [4.69, 9.17) is 0 Å². The maximum absolute atomic E-state index is 14.4. The monoisotopic (exact) mass is 899 g/mol. The highest BCUT2D eigenvalue weighted by Gasteiger charge is 2.33. The summed E-state index contributed by atoms with van der Waals surface area (Å²) in [4.78, 5) is 14.4. The minimum absolute atomic E-state index is 0.145. The van der Waals surface area contributed by atoms with E-state index >= 15 is 0 Å². The van der Waals surface area contributed by atoms with Crippen LogP contribution in [0.5, 0.6) is 0 Å². The Morgan fingerprint density at radius 3 is 0.790 bits per heavy atom. The summed E-state index contributed by atoms with van der Waals surface area (Å²) in [6, 6.07) is 9.89. The zero-order valence-electron chi connectivity index (χ0n) is 40.2. The first kappa shape index (κ1) is 54.3. The maximum atomic E-state index is 14.4. The largest absolute Gasteiger partial charge is 0.289 e. The number of sulfonamides is 2. The van der Waals surface area contributed by atoms with Crippen LogP contribution in [0, 0.1) is 0 Å². The van der Waals surface area contributed by atoms with Crippen molar-refractivity contribution < 1.29 is 21.6 Å². The second kappa shape index (κ2) is 31.7. The van der Waals surface area contributed by atoms with E-state index in [1.165, 1.54) is 128 Å². The molecule has 354 valence electrons. The predicted molar refractivity (Wildman–Crippen MR) is 263 cm³/mol. The summed E-state index contributed by atoms with van der Waals surface area (Å²) in [6.45, 7) is 10.8. The molecule has 0 atom stereocenters. The lowest BCUT2D eigenvalue weighted by atomic mass is 10.1. The van der Waals surface area contributed by atoms with Crippen LogP contribution >= 0.6 is 0 Å². The molecule has 0 aromatic heterocycles. The van der Waals surface area contributed by atoms with E-state index in [9.17, 15) is 21.6 Å². The summed E-state index contributed by atoms with van der Waals surface area (Å²) in [6.07, 6.45) is 36.6. The lowest BCUT2D eigenvalue weighted by molar-refractivity contribution is 0.104. The Bertz CT molecular complexity index is 1580. The number of fused-ring (bicyclic) bond motifs is 3. The van der Waals surface area contributed by atoms with Crippen molar-refractivity contribution in [2.24, 2.45) is 0 Å².